The highest BCUT2D eigenvalue weighted by atomic mass is 35.5. The van der Waals surface area contributed by atoms with Crippen LogP contribution in [-0.4, -0.2) is 43.9 Å². The summed E-state index contributed by atoms with van der Waals surface area (Å²) in [6.07, 6.45) is 1.87. The van der Waals surface area contributed by atoms with Crippen LogP contribution in [0.25, 0.3) is 28.1 Å². The van der Waals surface area contributed by atoms with Crippen LogP contribution in [0.5, 0.6) is 5.75 Å². The van der Waals surface area contributed by atoms with Crippen molar-refractivity contribution in [3.8, 4) is 22.8 Å². The van der Waals surface area contributed by atoms with E-state index in [1.807, 2.05) is 66.9 Å². The topological polar surface area (TPSA) is 93.0 Å². The number of aromatic amines is 1. The zero-order valence-electron chi connectivity index (χ0n) is 18.2. The molecular weight excluding hydrogens is 450 g/mol. The van der Waals surface area contributed by atoms with Gasteiger partial charge < -0.3 is 15.0 Å². The largest absolute Gasteiger partial charge is 0.487 e. The maximum atomic E-state index is 5.90. The number of H-pyrrole nitrogens is 1. The lowest BCUT2D eigenvalue weighted by Crippen LogP contribution is -2.19. The molecule has 1 aliphatic rings. The molecule has 0 unspecified atom stereocenters. The SMILES string of the molecule is Cl.c1ccc(-n2cc(COc3ccc(-c4nc5ccc(C6=NCCN6)cc5[nH]4)cc3)nn2)cc1. The standard InChI is InChI=1S/C25H21N7O.ClH/c1-2-4-20(5-3-1)32-15-19(30-31-32)16-33-21-9-6-17(7-10-21)25-28-22-11-8-18(14-23(22)29-25)24-26-12-13-27-24;/h1-11,14-15H,12-13,16H2,(H,26,27)(H,28,29);1H. The van der Waals surface area contributed by atoms with Gasteiger partial charge in [-0.05, 0) is 54.6 Å². The Hall–Kier alpha value is -4.17. The molecule has 0 saturated carbocycles. The van der Waals surface area contributed by atoms with Gasteiger partial charge in [0.25, 0.3) is 0 Å². The van der Waals surface area contributed by atoms with Crippen LogP contribution in [0.4, 0.5) is 0 Å². The number of para-hydroxylation sites is 1. The maximum absolute atomic E-state index is 5.90. The van der Waals surface area contributed by atoms with E-state index in [-0.39, 0.29) is 12.4 Å². The van der Waals surface area contributed by atoms with Crippen LogP contribution in [0.2, 0.25) is 0 Å². The van der Waals surface area contributed by atoms with Gasteiger partial charge in [0, 0.05) is 17.7 Å². The number of rotatable bonds is 6. The average molecular weight is 472 g/mol. The number of amidine groups is 1. The third kappa shape index (κ3) is 4.35. The summed E-state index contributed by atoms with van der Waals surface area (Å²) in [6.45, 7) is 2.06. The molecule has 0 atom stereocenters. The normalized spacial score (nSPS) is 12.8. The fourth-order valence-electron chi connectivity index (χ4n) is 3.82. The minimum absolute atomic E-state index is 0. The van der Waals surface area contributed by atoms with E-state index in [9.17, 15) is 0 Å². The van der Waals surface area contributed by atoms with Crippen molar-refractivity contribution < 1.29 is 4.74 Å². The van der Waals surface area contributed by atoms with E-state index in [2.05, 4.69) is 37.7 Å². The monoisotopic (exact) mass is 471 g/mol. The Morgan fingerprint density at radius 3 is 2.56 bits per heavy atom. The van der Waals surface area contributed by atoms with Gasteiger partial charge in [-0.25, -0.2) is 9.67 Å². The van der Waals surface area contributed by atoms with E-state index in [0.29, 0.717) is 6.61 Å². The first-order valence-corrected chi connectivity index (χ1v) is 10.8. The minimum Gasteiger partial charge on any atom is -0.487 e. The zero-order valence-corrected chi connectivity index (χ0v) is 19.0. The van der Waals surface area contributed by atoms with Gasteiger partial charge in [0.2, 0.25) is 0 Å². The molecule has 3 aromatic carbocycles. The van der Waals surface area contributed by atoms with Gasteiger partial charge in [-0.15, -0.1) is 17.5 Å². The molecule has 5 aromatic rings. The lowest BCUT2D eigenvalue weighted by molar-refractivity contribution is 0.301. The molecule has 0 radical (unpaired) electrons. The number of imidazole rings is 1. The lowest BCUT2D eigenvalue weighted by atomic mass is 10.2. The zero-order chi connectivity index (χ0) is 22.0. The van der Waals surface area contributed by atoms with Crippen LogP contribution >= 0.6 is 12.4 Å². The summed E-state index contributed by atoms with van der Waals surface area (Å²) in [6, 6.07) is 23.9. The van der Waals surface area contributed by atoms with Crippen molar-refractivity contribution in [2.45, 2.75) is 6.61 Å². The molecule has 0 amide bonds. The van der Waals surface area contributed by atoms with E-state index >= 15 is 0 Å². The number of aromatic nitrogens is 5. The van der Waals surface area contributed by atoms with Crippen molar-refractivity contribution in [3.05, 3.63) is 90.3 Å². The Balaban J connectivity index is 0.00000241. The molecule has 34 heavy (non-hydrogen) atoms. The minimum atomic E-state index is 0. The third-order valence-electron chi connectivity index (χ3n) is 5.51. The van der Waals surface area contributed by atoms with E-state index in [0.717, 1.165) is 64.0 Å². The molecule has 170 valence electrons. The second-order valence-electron chi connectivity index (χ2n) is 7.78. The number of fused-ring (bicyclic) bond motifs is 1. The van der Waals surface area contributed by atoms with Crippen molar-refractivity contribution in [1.82, 2.24) is 30.3 Å². The first kappa shape index (κ1) is 21.7. The molecule has 2 aromatic heterocycles. The average Bonchev–Trinajstić information content (AvgIpc) is 3.64. The van der Waals surface area contributed by atoms with E-state index < -0.39 is 0 Å². The summed E-state index contributed by atoms with van der Waals surface area (Å²) in [4.78, 5) is 12.6. The Morgan fingerprint density at radius 1 is 0.941 bits per heavy atom. The van der Waals surface area contributed by atoms with Crippen molar-refractivity contribution in [1.29, 1.82) is 0 Å². The van der Waals surface area contributed by atoms with Crippen molar-refractivity contribution in [2.24, 2.45) is 4.99 Å². The number of nitrogens with zero attached hydrogens (tertiary/aromatic N) is 5. The molecular formula is C25H22ClN7O. The number of hydrogen-bond donors (Lipinski definition) is 2. The van der Waals surface area contributed by atoms with E-state index in [1.54, 1.807) is 4.68 Å². The van der Waals surface area contributed by atoms with Gasteiger partial charge >= 0.3 is 0 Å². The molecule has 9 heteroatoms. The van der Waals surface area contributed by atoms with Crippen LogP contribution in [0.15, 0.2) is 84.0 Å². The molecule has 2 N–H and O–H groups in total. The summed E-state index contributed by atoms with van der Waals surface area (Å²) in [5, 5.41) is 11.7. The number of nitrogens with one attached hydrogen (secondary N) is 2. The number of ether oxygens (including phenoxy) is 1. The predicted octanol–water partition coefficient (Wildman–Crippen LogP) is 4.16. The molecule has 0 spiro atoms. The number of hydrogen-bond acceptors (Lipinski definition) is 6. The van der Waals surface area contributed by atoms with Crippen molar-refractivity contribution in [2.75, 3.05) is 13.1 Å². The molecule has 8 nitrogen and oxygen atoms in total. The Morgan fingerprint density at radius 2 is 1.76 bits per heavy atom. The predicted molar refractivity (Wildman–Crippen MR) is 134 cm³/mol. The van der Waals surface area contributed by atoms with Gasteiger partial charge in [0.05, 0.1) is 29.5 Å². The first-order chi connectivity index (χ1) is 16.3. The van der Waals surface area contributed by atoms with Gasteiger partial charge in [-0.2, -0.15) is 0 Å². The van der Waals surface area contributed by atoms with Crippen LogP contribution in [0, 0.1) is 0 Å². The number of halogens is 1. The van der Waals surface area contributed by atoms with Crippen LogP contribution < -0.4 is 10.1 Å². The van der Waals surface area contributed by atoms with Crippen LogP contribution in [0.3, 0.4) is 0 Å². The summed E-state index contributed by atoms with van der Waals surface area (Å²) in [7, 11) is 0. The Bertz CT molecular complexity index is 1440. The second-order valence-corrected chi connectivity index (χ2v) is 7.78. The van der Waals surface area contributed by atoms with Crippen molar-refractivity contribution in [3.63, 3.8) is 0 Å². The van der Waals surface area contributed by atoms with E-state index in [4.69, 9.17) is 9.72 Å². The molecule has 0 saturated heterocycles. The highest BCUT2D eigenvalue weighted by molar-refractivity contribution is 6.02. The molecule has 6 rings (SSSR count). The van der Waals surface area contributed by atoms with Gasteiger partial charge in [0.15, 0.2) is 0 Å². The summed E-state index contributed by atoms with van der Waals surface area (Å²) < 4.78 is 7.64. The van der Waals surface area contributed by atoms with Gasteiger partial charge in [-0.3, -0.25) is 4.99 Å². The molecule has 1 aliphatic heterocycles. The summed E-state index contributed by atoms with van der Waals surface area (Å²) >= 11 is 0. The van der Waals surface area contributed by atoms with E-state index in [1.165, 1.54) is 0 Å². The molecule has 3 heterocycles. The highest BCUT2D eigenvalue weighted by Crippen LogP contribution is 2.24. The quantitative estimate of drug-likeness (QED) is 0.388. The number of aliphatic imine (C=N–C) groups is 1. The second kappa shape index (κ2) is 9.36. The van der Waals surface area contributed by atoms with Crippen LogP contribution in [-0.2, 0) is 6.61 Å². The summed E-state index contributed by atoms with van der Waals surface area (Å²) in [5.74, 6) is 2.52. The summed E-state index contributed by atoms with van der Waals surface area (Å²) in [5.41, 5.74) is 5.70. The van der Waals surface area contributed by atoms with Gasteiger partial charge in [-0.1, -0.05) is 23.4 Å². The molecule has 0 bridgehead atoms. The molecule has 0 aliphatic carbocycles. The third-order valence-corrected chi connectivity index (χ3v) is 5.51. The highest BCUT2D eigenvalue weighted by Gasteiger charge is 2.11. The Kier molecular flexibility index (Phi) is 5.97. The lowest BCUT2D eigenvalue weighted by Gasteiger charge is -2.04. The molecule has 0 fully saturated rings. The fraction of sp³-hybridized carbons (Fsp3) is 0.120. The fourth-order valence-corrected chi connectivity index (χ4v) is 3.82. The van der Waals surface area contributed by atoms with Gasteiger partial charge in [0.1, 0.15) is 29.7 Å². The Labute approximate surface area is 202 Å². The smallest absolute Gasteiger partial charge is 0.138 e. The maximum Gasteiger partial charge on any atom is 0.138 e. The van der Waals surface area contributed by atoms with Crippen LogP contribution in [0.1, 0.15) is 11.3 Å². The number of benzene rings is 3. The van der Waals surface area contributed by atoms with Crippen molar-refractivity contribution >= 4 is 29.3 Å². The first-order valence-electron chi connectivity index (χ1n) is 10.8.